The third-order valence-electron chi connectivity index (χ3n) is 6.44. The van der Waals surface area contributed by atoms with Crippen LogP contribution in [0.5, 0.6) is 0 Å². The molecule has 0 aliphatic carbocycles. The largest absolute Gasteiger partial charge is 0.341 e. The Morgan fingerprint density at radius 1 is 1.18 bits per heavy atom. The number of hydrogen-bond acceptors (Lipinski definition) is 7. The van der Waals surface area contributed by atoms with E-state index < -0.39 is 0 Å². The molecule has 2 aromatic heterocycles. The van der Waals surface area contributed by atoms with Crippen molar-refractivity contribution in [1.82, 2.24) is 35.5 Å². The van der Waals surface area contributed by atoms with E-state index in [-0.39, 0.29) is 11.9 Å². The van der Waals surface area contributed by atoms with Crippen molar-refractivity contribution in [3.63, 3.8) is 0 Å². The second-order valence-corrected chi connectivity index (χ2v) is 9.54. The van der Waals surface area contributed by atoms with Gasteiger partial charge in [0.15, 0.2) is 0 Å². The maximum absolute atomic E-state index is 12.4. The number of carbonyl (C=O) groups is 2. The number of fused-ring (bicyclic) bond motifs is 4. The predicted octanol–water partition coefficient (Wildman–Crippen LogP) is 4.52. The highest BCUT2D eigenvalue weighted by Crippen LogP contribution is 2.29. The van der Waals surface area contributed by atoms with Crippen molar-refractivity contribution in [2.45, 2.75) is 38.1 Å². The van der Waals surface area contributed by atoms with Gasteiger partial charge in [-0.25, -0.2) is 4.98 Å². The van der Waals surface area contributed by atoms with Gasteiger partial charge in [-0.15, -0.1) is 5.10 Å². The Hall–Kier alpha value is -4.15. The quantitative estimate of drug-likeness (QED) is 0.247. The maximum Gasteiger partial charge on any atom is 0.224 e. The number of aldehydes is 1. The molecular weight excluding hydrogens is 504 g/mol. The number of hydrogen-bond donors (Lipinski definition) is 3. The lowest BCUT2D eigenvalue weighted by atomic mass is 10.1. The van der Waals surface area contributed by atoms with Gasteiger partial charge in [0.2, 0.25) is 5.91 Å². The Balaban J connectivity index is 1.39. The monoisotopic (exact) mass is 530 g/mol. The van der Waals surface area contributed by atoms with Crippen LogP contribution >= 0.6 is 11.6 Å². The number of tetrazole rings is 1. The van der Waals surface area contributed by atoms with E-state index in [4.69, 9.17) is 11.6 Å². The molecule has 2 aromatic carbocycles. The lowest BCUT2D eigenvalue weighted by molar-refractivity contribution is -0.116. The van der Waals surface area contributed by atoms with Crippen molar-refractivity contribution < 1.29 is 9.59 Å². The summed E-state index contributed by atoms with van der Waals surface area (Å²) in [5.41, 5.74) is 4.41. The minimum absolute atomic E-state index is 0.00827. The molecule has 0 unspecified atom stereocenters. The van der Waals surface area contributed by atoms with E-state index in [2.05, 4.69) is 36.1 Å². The van der Waals surface area contributed by atoms with E-state index in [1.54, 1.807) is 30.5 Å². The predicted molar refractivity (Wildman–Crippen MR) is 145 cm³/mol. The van der Waals surface area contributed by atoms with E-state index in [1.165, 1.54) is 11.0 Å². The van der Waals surface area contributed by atoms with Crippen LogP contribution in [0.25, 0.3) is 23.0 Å². The van der Waals surface area contributed by atoms with Gasteiger partial charge in [0, 0.05) is 34.7 Å². The summed E-state index contributed by atoms with van der Waals surface area (Å²) in [5, 5.41) is 18.4. The van der Waals surface area contributed by atoms with Crippen molar-refractivity contribution in [2.24, 2.45) is 0 Å². The molecule has 1 aliphatic rings. The molecule has 10 nitrogen and oxygen atoms in total. The number of aromatic amines is 1. The molecule has 0 fully saturated rings. The number of H-pyrrole nitrogens is 1. The van der Waals surface area contributed by atoms with Crippen LogP contribution in [0.1, 0.15) is 49.5 Å². The molecule has 5 rings (SSSR count). The van der Waals surface area contributed by atoms with Crippen molar-refractivity contribution in [3.8, 4) is 16.9 Å². The van der Waals surface area contributed by atoms with Crippen molar-refractivity contribution in [3.05, 3.63) is 77.0 Å². The highest BCUT2D eigenvalue weighted by molar-refractivity contribution is 6.30. The Morgan fingerprint density at radius 3 is 2.92 bits per heavy atom. The second-order valence-electron chi connectivity index (χ2n) is 9.10. The van der Waals surface area contributed by atoms with E-state index in [1.807, 2.05) is 24.3 Å². The standard InChI is InChI=1S/C27H27ClN8O2/c28-20-10-11-25(36-17-31-34-35-36)19(13-20)12-18(16-37)14-29-23-8-2-1-3-9-26(38)32-22-7-5-4-6-21(22)24-15-30-27(23)33-24/h4-7,10-13,15-17,23,29H,1-3,8-9,14H2,(H,30,33)(H,32,38)/b18-12-/t23-/m0/s1. The van der Waals surface area contributed by atoms with Gasteiger partial charge in [-0.2, -0.15) is 4.68 Å². The van der Waals surface area contributed by atoms with Gasteiger partial charge < -0.3 is 15.6 Å². The molecule has 4 aromatic rings. The number of carbonyl (C=O) groups excluding carboxylic acids is 2. The number of halogens is 1. The van der Waals surface area contributed by atoms with Crippen molar-refractivity contribution in [2.75, 3.05) is 11.9 Å². The molecule has 0 radical (unpaired) electrons. The fourth-order valence-electron chi connectivity index (χ4n) is 4.53. The zero-order valence-electron chi connectivity index (χ0n) is 20.6. The van der Waals surface area contributed by atoms with Gasteiger partial charge in [-0.05, 0) is 53.6 Å². The first-order valence-electron chi connectivity index (χ1n) is 12.5. The van der Waals surface area contributed by atoms with Gasteiger partial charge in [0.1, 0.15) is 18.4 Å². The fraction of sp³-hybridized carbons (Fsp3) is 0.259. The van der Waals surface area contributed by atoms with Gasteiger partial charge in [-0.3, -0.25) is 9.59 Å². The summed E-state index contributed by atoms with van der Waals surface area (Å²) in [4.78, 5) is 32.6. The minimum atomic E-state index is -0.109. The van der Waals surface area contributed by atoms with E-state index in [0.29, 0.717) is 29.2 Å². The van der Waals surface area contributed by atoms with Crippen LogP contribution in [-0.4, -0.2) is 48.9 Å². The van der Waals surface area contributed by atoms with Crippen LogP contribution in [-0.2, 0) is 9.59 Å². The summed E-state index contributed by atoms with van der Waals surface area (Å²) in [5.74, 6) is 0.789. The zero-order valence-corrected chi connectivity index (χ0v) is 21.4. The molecule has 194 valence electrons. The molecule has 1 atom stereocenters. The Morgan fingerprint density at radius 2 is 2.08 bits per heavy atom. The van der Waals surface area contributed by atoms with Crippen LogP contribution in [0, 0.1) is 0 Å². The highest BCUT2D eigenvalue weighted by Gasteiger charge is 2.18. The summed E-state index contributed by atoms with van der Waals surface area (Å²) in [7, 11) is 0. The van der Waals surface area contributed by atoms with E-state index >= 15 is 0 Å². The average Bonchev–Trinajstić information content (AvgIpc) is 3.62. The molecular formula is C27H27ClN8O2. The third-order valence-corrected chi connectivity index (χ3v) is 6.68. The number of imidazole rings is 1. The Bertz CT molecular complexity index is 1450. The van der Waals surface area contributed by atoms with Crippen LogP contribution in [0.3, 0.4) is 0 Å². The maximum atomic E-state index is 12.4. The smallest absolute Gasteiger partial charge is 0.224 e. The van der Waals surface area contributed by atoms with Gasteiger partial charge >= 0.3 is 0 Å². The summed E-state index contributed by atoms with van der Waals surface area (Å²) in [6.07, 6.45) is 9.78. The zero-order chi connectivity index (χ0) is 26.3. The molecule has 11 heteroatoms. The molecule has 3 N–H and O–H groups in total. The third kappa shape index (κ3) is 6.04. The number of amides is 1. The summed E-state index contributed by atoms with van der Waals surface area (Å²) >= 11 is 6.24. The van der Waals surface area contributed by atoms with E-state index in [0.717, 1.165) is 60.3 Å². The van der Waals surface area contributed by atoms with Gasteiger partial charge in [0.25, 0.3) is 0 Å². The molecule has 2 bridgehead atoms. The molecule has 1 amide bonds. The van der Waals surface area contributed by atoms with Crippen LogP contribution in [0.4, 0.5) is 5.69 Å². The minimum Gasteiger partial charge on any atom is -0.341 e. The number of nitrogens with one attached hydrogen (secondary N) is 3. The number of rotatable bonds is 6. The summed E-state index contributed by atoms with van der Waals surface area (Å²) in [6, 6.07) is 12.9. The van der Waals surface area contributed by atoms with Crippen molar-refractivity contribution in [1.29, 1.82) is 0 Å². The number of para-hydroxylation sites is 1. The fourth-order valence-corrected chi connectivity index (χ4v) is 4.71. The number of nitrogens with zero attached hydrogens (tertiary/aromatic N) is 5. The average molecular weight is 531 g/mol. The lowest BCUT2D eigenvalue weighted by Gasteiger charge is -2.17. The first-order chi connectivity index (χ1) is 18.6. The SMILES string of the molecule is O=C/C(=C\c1cc(Cl)ccc1-n1cnnn1)CN[C@H]1CCCCCC(=O)Nc2ccccc2-c2cnc1[nH]2. The Labute approximate surface area is 224 Å². The Kier molecular flexibility index (Phi) is 8.01. The molecule has 0 spiro atoms. The summed E-state index contributed by atoms with van der Waals surface area (Å²) in [6.45, 7) is 0.322. The van der Waals surface area contributed by atoms with E-state index in [9.17, 15) is 9.59 Å². The number of anilines is 1. The number of aromatic nitrogens is 6. The molecule has 3 heterocycles. The normalized spacial score (nSPS) is 16.5. The van der Waals surface area contributed by atoms with Crippen molar-refractivity contribution >= 4 is 35.6 Å². The topological polar surface area (TPSA) is 130 Å². The van der Waals surface area contributed by atoms with Crippen LogP contribution in [0.15, 0.2) is 60.6 Å². The molecule has 0 saturated carbocycles. The molecule has 38 heavy (non-hydrogen) atoms. The lowest BCUT2D eigenvalue weighted by Crippen LogP contribution is -2.25. The van der Waals surface area contributed by atoms with Crippen LogP contribution in [0.2, 0.25) is 5.02 Å². The first kappa shape index (κ1) is 25.5. The molecule has 1 aliphatic heterocycles. The van der Waals surface area contributed by atoms with Gasteiger partial charge in [0.05, 0.1) is 29.3 Å². The van der Waals surface area contributed by atoms with Crippen LogP contribution < -0.4 is 10.6 Å². The molecule has 0 saturated heterocycles. The highest BCUT2D eigenvalue weighted by atomic mass is 35.5. The number of benzene rings is 2. The summed E-state index contributed by atoms with van der Waals surface area (Å²) < 4.78 is 1.52. The van der Waals surface area contributed by atoms with Gasteiger partial charge in [-0.1, -0.05) is 42.6 Å². The first-order valence-corrected chi connectivity index (χ1v) is 12.8. The second kappa shape index (κ2) is 11.9.